The molecule has 0 fully saturated rings. The molecule has 0 heterocycles. The Hall–Kier alpha value is -2.88. The second-order valence-electron chi connectivity index (χ2n) is 5.07. The van der Waals surface area contributed by atoms with E-state index in [9.17, 15) is 9.59 Å². The van der Waals surface area contributed by atoms with Gasteiger partial charge in [-0.15, -0.1) is 0 Å². The number of nitrogens with one attached hydrogen (secondary N) is 1. The number of amides is 1. The number of ether oxygens (including phenoxy) is 1. The molecule has 4 nitrogen and oxygen atoms in total. The number of carbonyl (C=O) groups is 2. The monoisotopic (exact) mass is 309 g/mol. The van der Waals surface area contributed by atoms with Crippen LogP contribution in [0.25, 0.3) is 6.08 Å². The van der Waals surface area contributed by atoms with E-state index in [1.807, 2.05) is 60.7 Å². The molecule has 0 radical (unpaired) electrons. The number of carbonyl (C=O) groups excluding carboxylic acids is 2. The van der Waals surface area contributed by atoms with Crippen molar-refractivity contribution in [1.29, 1.82) is 0 Å². The molecule has 1 amide bonds. The quantitative estimate of drug-likeness (QED) is 0.659. The number of hydrogen-bond acceptors (Lipinski definition) is 3. The third kappa shape index (κ3) is 5.79. The Kier molecular flexibility index (Phi) is 6.12. The Morgan fingerprint density at radius 1 is 1.04 bits per heavy atom. The normalized spacial score (nSPS) is 11.9. The van der Waals surface area contributed by atoms with E-state index in [0.717, 1.165) is 11.1 Å². The summed E-state index contributed by atoms with van der Waals surface area (Å²) in [4.78, 5) is 23.7. The van der Waals surface area contributed by atoms with Gasteiger partial charge < -0.3 is 10.1 Å². The maximum Gasteiger partial charge on any atom is 0.328 e. The molecular weight excluding hydrogens is 290 g/mol. The second kappa shape index (κ2) is 8.54. The first kappa shape index (κ1) is 16.5. The average Bonchev–Trinajstić information content (AvgIpc) is 2.59. The lowest BCUT2D eigenvalue weighted by atomic mass is 10.2. The minimum absolute atomic E-state index is 0.194. The number of benzene rings is 2. The zero-order chi connectivity index (χ0) is 16.5. The Balaban J connectivity index is 1.78. The van der Waals surface area contributed by atoms with Crippen LogP contribution in [0.1, 0.15) is 18.1 Å². The third-order valence-electron chi connectivity index (χ3n) is 3.16. The Morgan fingerprint density at radius 3 is 2.30 bits per heavy atom. The highest BCUT2D eigenvalue weighted by atomic mass is 16.5. The van der Waals surface area contributed by atoms with Crippen molar-refractivity contribution < 1.29 is 14.3 Å². The second-order valence-corrected chi connectivity index (χ2v) is 5.07. The molecule has 0 saturated heterocycles. The molecular formula is C19H19NO3. The van der Waals surface area contributed by atoms with Crippen molar-refractivity contribution in [2.24, 2.45) is 0 Å². The topological polar surface area (TPSA) is 55.4 Å². The molecule has 2 aromatic carbocycles. The van der Waals surface area contributed by atoms with Crippen molar-refractivity contribution >= 4 is 18.0 Å². The molecule has 2 aromatic rings. The minimum Gasteiger partial charge on any atom is -0.459 e. The van der Waals surface area contributed by atoms with E-state index >= 15 is 0 Å². The van der Waals surface area contributed by atoms with Gasteiger partial charge in [-0.05, 0) is 24.1 Å². The highest BCUT2D eigenvalue weighted by Crippen LogP contribution is 2.03. The van der Waals surface area contributed by atoms with Gasteiger partial charge in [-0.25, -0.2) is 4.79 Å². The van der Waals surface area contributed by atoms with Gasteiger partial charge in [0.2, 0.25) is 5.91 Å². The maximum absolute atomic E-state index is 11.9. The summed E-state index contributed by atoms with van der Waals surface area (Å²) < 4.78 is 5.18. The van der Waals surface area contributed by atoms with Crippen LogP contribution < -0.4 is 5.32 Å². The molecule has 0 aliphatic rings. The number of hydrogen-bond donors (Lipinski definition) is 1. The van der Waals surface area contributed by atoms with E-state index in [-0.39, 0.29) is 12.5 Å². The summed E-state index contributed by atoms with van der Waals surface area (Å²) in [5, 5.41) is 2.59. The van der Waals surface area contributed by atoms with Gasteiger partial charge in [-0.3, -0.25) is 4.79 Å². The molecule has 1 atom stereocenters. The van der Waals surface area contributed by atoms with Crippen molar-refractivity contribution in [3.05, 3.63) is 77.9 Å². The van der Waals surface area contributed by atoms with Gasteiger partial charge in [-0.1, -0.05) is 60.7 Å². The van der Waals surface area contributed by atoms with Crippen LogP contribution in [0.2, 0.25) is 0 Å². The summed E-state index contributed by atoms with van der Waals surface area (Å²) in [6.45, 7) is 1.79. The van der Waals surface area contributed by atoms with Gasteiger partial charge >= 0.3 is 5.97 Å². The Bertz CT molecular complexity index is 666. The van der Waals surface area contributed by atoms with Crippen LogP contribution in [0.5, 0.6) is 0 Å². The van der Waals surface area contributed by atoms with Crippen molar-refractivity contribution in [2.45, 2.75) is 19.6 Å². The van der Waals surface area contributed by atoms with Crippen molar-refractivity contribution in [1.82, 2.24) is 5.32 Å². The molecule has 0 spiro atoms. The van der Waals surface area contributed by atoms with E-state index in [2.05, 4.69) is 5.32 Å². The summed E-state index contributed by atoms with van der Waals surface area (Å²) in [5.74, 6) is -0.798. The first-order valence-electron chi connectivity index (χ1n) is 7.39. The van der Waals surface area contributed by atoms with Crippen LogP contribution in [-0.2, 0) is 20.9 Å². The van der Waals surface area contributed by atoms with E-state index in [1.54, 1.807) is 13.0 Å². The molecule has 0 unspecified atom stereocenters. The van der Waals surface area contributed by atoms with Gasteiger partial charge in [0.1, 0.15) is 12.6 Å². The molecule has 4 heteroatoms. The highest BCUT2D eigenvalue weighted by Gasteiger charge is 2.15. The first-order chi connectivity index (χ1) is 11.1. The predicted molar refractivity (Wildman–Crippen MR) is 89.3 cm³/mol. The van der Waals surface area contributed by atoms with Gasteiger partial charge in [0.15, 0.2) is 0 Å². The third-order valence-corrected chi connectivity index (χ3v) is 3.16. The summed E-state index contributed by atoms with van der Waals surface area (Å²) in [6.07, 6.45) is 3.09. The minimum atomic E-state index is -0.702. The SMILES string of the molecule is C[C@H](NC(=O)/C=C/c1ccccc1)C(=O)OCc1ccccc1. The lowest BCUT2D eigenvalue weighted by molar-refractivity contribution is -0.148. The zero-order valence-corrected chi connectivity index (χ0v) is 12.9. The van der Waals surface area contributed by atoms with Crippen LogP contribution in [0.3, 0.4) is 0 Å². The molecule has 23 heavy (non-hydrogen) atoms. The highest BCUT2D eigenvalue weighted by molar-refractivity contribution is 5.94. The average molecular weight is 309 g/mol. The lowest BCUT2D eigenvalue weighted by Gasteiger charge is -2.12. The van der Waals surface area contributed by atoms with E-state index in [1.165, 1.54) is 6.08 Å². The van der Waals surface area contributed by atoms with Gasteiger partial charge in [0.05, 0.1) is 0 Å². The van der Waals surface area contributed by atoms with Crippen LogP contribution in [0.4, 0.5) is 0 Å². The number of rotatable bonds is 6. The van der Waals surface area contributed by atoms with E-state index in [4.69, 9.17) is 4.74 Å². The predicted octanol–water partition coefficient (Wildman–Crippen LogP) is 2.95. The molecule has 2 rings (SSSR count). The first-order valence-corrected chi connectivity index (χ1v) is 7.39. The lowest BCUT2D eigenvalue weighted by Crippen LogP contribution is -2.38. The Morgan fingerprint density at radius 2 is 1.65 bits per heavy atom. The van der Waals surface area contributed by atoms with Crippen LogP contribution in [0, 0.1) is 0 Å². The summed E-state index contributed by atoms with van der Waals surface area (Å²) in [7, 11) is 0. The fraction of sp³-hybridized carbons (Fsp3) is 0.158. The molecule has 0 aromatic heterocycles. The van der Waals surface area contributed by atoms with E-state index < -0.39 is 12.0 Å². The van der Waals surface area contributed by atoms with Gasteiger partial charge in [0, 0.05) is 6.08 Å². The van der Waals surface area contributed by atoms with Crippen molar-refractivity contribution in [3.8, 4) is 0 Å². The van der Waals surface area contributed by atoms with Crippen molar-refractivity contribution in [2.75, 3.05) is 0 Å². The molecule has 118 valence electrons. The smallest absolute Gasteiger partial charge is 0.328 e. The molecule has 1 N–H and O–H groups in total. The summed E-state index contributed by atoms with van der Waals surface area (Å²) in [5.41, 5.74) is 1.82. The summed E-state index contributed by atoms with van der Waals surface area (Å²) >= 11 is 0. The zero-order valence-electron chi connectivity index (χ0n) is 12.9. The Labute approximate surface area is 135 Å². The fourth-order valence-electron chi connectivity index (χ4n) is 1.91. The maximum atomic E-state index is 11.9. The molecule has 0 saturated carbocycles. The fourth-order valence-corrected chi connectivity index (χ4v) is 1.91. The summed E-state index contributed by atoms with van der Waals surface area (Å²) in [6, 6.07) is 18.2. The largest absolute Gasteiger partial charge is 0.459 e. The van der Waals surface area contributed by atoms with Crippen molar-refractivity contribution in [3.63, 3.8) is 0 Å². The van der Waals surface area contributed by atoms with Crippen LogP contribution in [-0.4, -0.2) is 17.9 Å². The van der Waals surface area contributed by atoms with Crippen LogP contribution in [0.15, 0.2) is 66.7 Å². The molecule has 0 aliphatic heterocycles. The molecule has 0 aliphatic carbocycles. The number of esters is 1. The van der Waals surface area contributed by atoms with Gasteiger partial charge in [-0.2, -0.15) is 0 Å². The molecule has 0 bridgehead atoms. The van der Waals surface area contributed by atoms with E-state index in [0.29, 0.717) is 0 Å². The van der Waals surface area contributed by atoms with Gasteiger partial charge in [0.25, 0.3) is 0 Å². The van der Waals surface area contributed by atoms with Crippen LogP contribution >= 0.6 is 0 Å². The standard InChI is InChI=1S/C19H19NO3/c1-15(19(22)23-14-17-10-6-3-7-11-17)20-18(21)13-12-16-8-4-2-5-9-16/h2-13,15H,14H2,1H3,(H,20,21)/b13-12+/t15-/m0/s1.